The van der Waals surface area contributed by atoms with Crippen LogP contribution in [0.25, 0.3) is 0 Å². The Morgan fingerprint density at radius 3 is 2.50 bits per heavy atom. The molecular weight excluding hydrogens is 178 g/mol. The van der Waals surface area contributed by atoms with Gasteiger partial charge in [0.25, 0.3) is 6.29 Å². The summed E-state index contributed by atoms with van der Waals surface area (Å²) in [6.45, 7) is 1.84. The lowest BCUT2D eigenvalue weighted by atomic mass is 10.1. The van der Waals surface area contributed by atoms with Gasteiger partial charge in [-0.2, -0.15) is 5.26 Å². The predicted octanol–water partition coefficient (Wildman–Crippen LogP) is 2.46. The summed E-state index contributed by atoms with van der Waals surface area (Å²) >= 11 is 0. The highest BCUT2D eigenvalue weighted by Crippen LogP contribution is 2.27. The van der Waals surface area contributed by atoms with Crippen LogP contribution in [0.1, 0.15) is 24.3 Å². The molecule has 1 unspecified atom stereocenters. The molecule has 0 bridgehead atoms. The maximum Gasteiger partial charge on any atom is 0.266 e. The van der Waals surface area contributed by atoms with Crippen LogP contribution in [0.2, 0.25) is 0 Å². The normalized spacial score (nSPS) is 19.1. The van der Waals surface area contributed by atoms with E-state index < -0.39 is 0 Å². The zero-order valence-electron chi connectivity index (χ0n) is 7.73. The second kappa shape index (κ2) is 3.43. The first kappa shape index (κ1) is 8.64. The van der Waals surface area contributed by atoms with Gasteiger partial charge in [0.15, 0.2) is 0 Å². The average molecular weight is 187 g/mol. The van der Waals surface area contributed by atoms with Gasteiger partial charge in [0, 0.05) is 5.56 Å². The van der Waals surface area contributed by atoms with E-state index in [1.54, 1.807) is 18.4 Å². The average Bonchev–Trinajstić information content (AvgIpc) is 2.65. The van der Waals surface area contributed by atoms with E-state index in [2.05, 4.69) is 6.07 Å². The van der Waals surface area contributed by atoms with Crippen LogP contribution >= 0.6 is 0 Å². The van der Waals surface area contributed by atoms with Crippen LogP contribution in [0.5, 0.6) is 0 Å². The lowest BCUT2D eigenvalue weighted by molar-refractivity contribution is -0.0331. The van der Waals surface area contributed by atoms with E-state index in [-0.39, 0.29) is 6.29 Å². The first-order valence-corrected chi connectivity index (χ1v) is 4.28. The molecule has 0 amide bonds. The molecule has 0 saturated heterocycles. The molecule has 1 aromatic carbocycles. The van der Waals surface area contributed by atoms with Crippen LogP contribution in [-0.2, 0) is 9.47 Å². The number of rotatable bonds is 1. The van der Waals surface area contributed by atoms with Crippen LogP contribution in [0.4, 0.5) is 0 Å². The van der Waals surface area contributed by atoms with Crippen molar-refractivity contribution in [2.24, 2.45) is 0 Å². The van der Waals surface area contributed by atoms with Gasteiger partial charge in [-0.25, -0.2) is 0 Å². The SMILES string of the molecule is CC1=COC(c2ccc(C#N)cc2)O1. The highest BCUT2D eigenvalue weighted by Gasteiger charge is 2.18. The number of allylic oxidation sites excluding steroid dienone is 1. The molecule has 1 heterocycles. The summed E-state index contributed by atoms with van der Waals surface area (Å²) in [5, 5.41) is 8.61. The van der Waals surface area contributed by atoms with Crippen molar-refractivity contribution in [2.75, 3.05) is 0 Å². The van der Waals surface area contributed by atoms with E-state index in [4.69, 9.17) is 14.7 Å². The third-order valence-electron chi connectivity index (χ3n) is 1.96. The van der Waals surface area contributed by atoms with Gasteiger partial charge < -0.3 is 9.47 Å². The molecule has 1 aromatic rings. The molecule has 3 nitrogen and oxygen atoms in total. The van der Waals surface area contributed by atoms with Crippen LogP contribution in [0, 0.1) is 11.3 Å². The van der Waals surface area contributed by atoms with E-state index in [1.807, 2.05) is 19.1 Å². The Bertz CT molecular complexity index is 400. The molecule has 70 valence electrons. The Labute approximate surface area is 82.2 Å². The fourth-order valence-electron chi connectivity index (χ4n) is 1.24. The molecule has 3 heteroatoms. The minimum atomic E-state index is -0.359. The molecule has 14 heavy (non-hydrogen) atoms. The van der Waals surface area contributed by atoms with Gasteiger partial charge in [-0.3, -0.25) is 0 Å². The summed E-state index contributed by atoms with van der Waals surface area (Å²) in [5.74, 6) is 0.763. The molecule has 0 aliphatic carbocycles. The van der Waals surface area contributed by atoms with Gasteiger partial charge in [-0.05, 0) is 19.1 Å². The highest BCUT2D eigenvalue weighted by atomic mass is 16.7. The van der Waals surface area contributed by atoms with Crippen molar-refractivity contribution in [1.82, 2.24) is 0 Å². The van der Waals surface area contributed by atoms with Crippen LogP contribution in [-0.4, -0.2) is 0 Å². The van der Waals surface area contributed by atoms with Crippen LogP contribution < -0.4 is 0 Å². The Balaban J connectivity index is 2.15. The number of hydrogen-bond donors (Lipinski definition) is 0. The quantitative estimate of drug-likeness (QED) is 0.678. The van der Waals surface area contributed by atoms with Gasteiger partial charge >= 0.3 is 0 Å². The van der Waals surface area contributed by atoms with Crippen molar-refractivity contribution in [1.29, 1.82) is 5.26 Å². The zero-order chi connectivity index (χ0) is 9.97. The molecule has 0 aromatic heterocycles. The first-order valence-electron chi connectivity index (χ1n) is 4.28. The van der Waals surface area contributed by atoms with Gasteiger partial charge in [-0.1, -0.05) is 12.1 Å². The monoisotopic (exact) mass is 187 g/mol. The summed E-state index contributed by atoms with van der Waals surface area (Å²) in [6.07, 6.45) is 1.23. The molecular formula is C11H9NO2. The lowest BCUT2D eigenvalue weighted by Crippen LogP contribution is -1.98. The maximum absolute atomic E-state index is 8.61. The smallest absolute Gasteiger partial charge is 0.266 e. The third kappa shape index (κ3) is 1.55. The van der Waals surface area contributed by atoms with Crippen molar-refractivity contribution in [3.05, 3.63) is 47.4 Å². The second-order valence-electron chi connectivity index (χ2n) is 3.05. The summed E-state index contributed by atoms with van der Waals surface area (Å²) in [5.41, 5.74) is 1.55. The highest BCUT2D eigenvalue weighted by molar-refractivity contribution is 5.32. The summed E-state index contributed by atoms with van der Waals surface area (Å²) in [7, 11) is 0. The Hall–Kier alpha value is -1.95. The van der Waals surface area contributed by atoms with Crippen LogP contribution in [0.3, 0.4) is 0 Å². The Kier molecular flexibility index (Phi) is 2.11. The van der Waals surface area contributed by atoms with Crippen molar-refractivity contribution in [2.45, 2.75) is 13.2 Å². The fourth-order valence-corrected chi connectivity index (χ4v) is 1.24. The molecule has 1 aliphatic heterocycles. The fraction of sp³-hybridized carbons (Fsp3) is 0.182. The summed E-state index contributed by atoms with van der Waals surface area (Å²) in [6, 6.07) is 9.21. The maximum atomic E-state index is 8.61. The van der Waals surface area contributed by atoms with Crippen LogP contribution in [0.15, 0.2) is 36.3 Å². The first-order chi connectivity index (χ1) is 6.79. The molecule has 0 saturated carbocycles. The van der Waals surface area contributed by atoms with E-state index in [9.17, 15) is 0 Å². The van der Waals surface area contributed by atoms with Gasteiger partial charge in [0.1, 0.15) is 12.0 Å². The van der Waals surface area contributed by atoms with Crippen molar-refractivity contribution >= 4 is 0 Å². The molecule has 0 spiro atoms. The van der Waals surface area contributed by atoms with Crippen molar-refractivity contribution in [3.63, 3.8) is 0 Å². The summed E-state index contributed by atoms with van der Waals surface area (Å²) in [4.78, 5) is 0. The van der Waals surface area contributed by atoms with E-state index in [0.29, 0.717) is 5.56 Å². The topological polar surface area (TPSA) is 42.2 Å². The zero-order valence-corrected chi connectivity index (χ0v) is 7.73. The molecule has 0 fully saturated rings. The standard InChI is InChI=1S/C11H9NO2/c1-8-7-13-11(14-8)10-4-2-9(6-12)3-5-10/h2-5,7,11H,1H3. The minimum absolute atomic E-state index is 0.359. The van der Waals surface area contributed by atoms with E-state index >= 15 is 0 Å². The van der Waals surface area contributed by atoms with E-state index in [1.165, 1.54) is 0 Å². The minimum Gasteiger partial charge on any atom is -0.455 e. The Morgan fingerprint density at radius 1 is 1.29 bits per heavy atom. The molecule has 0 radical (unpaired) electrons. The number of nitriles is 1. The summed E-state index contributed by atoms with van der Waals surface area (Å²) < 4.78 is 10.6. The Morgan fingerprint density at radius 2 is 2.00 bits per heavy atom. The molecule has 0 N–H and O–H groups in total. The predicted molar refractivity (Wildman–Crippen MR) is 49.8 cm³/mol. The number of hydrogen-bond acceptors (Lipinski definition) is 3. The number of nitrogens with zero attached hydrogens (tertiary/aromatic N) is 1. The molecule has 2 rings (SSSR count). The lowest BCUT2D eigenvalue weighted by Gasteiger charge is -2.10. The van der Waals surface area contributed by atoms with Crippen molar-refractivity contribution < 1.29 is 9.47 Å². The second-order valence-corrected chi connectivity index (χ2v) is 3.05. The largest absolute Gasteiger partial charge is 0.455 e. The number of benzene rings is 1. The van der Waals surface area contributed by atoms with Gasteiger partial charge in [-0.15, -0.1) is 0 Å². The van der Waals surface area contributed by atoms with Gasteiger partial charge in [0.2, 0.25) is 0 Å². The van der Waals surface area contributed by atoms with Gasteiger partial charge in [0.05, 0.1) is 11.6 Å². The van der Waals surface area contributed by atoms with E-state index in [0.717, 1.165) is 11.3 Å². The number of ether oxygens (including phenoxy) is 2. The molecule has 1 aliphatic rings. The third-order valence-corrected chi connectivity index (χ3v) is 1.96. The van der Waals surface area contributed by atoms with Crippen molar-refractivity contribution in [3.8, 4) is 6.07 Å². The molecule has 1 atom stereocenters.